The van der Waals surface area contributed by atoms with Crippen molar-refractivity contribution in [3.63, 3.8) is 0 Å². The van der Waals surface area contributed by atoms with Crippen LogP contribution in [0.4, 0.5) is 5.82 Å². The number of pyridine rings is 1. The Morgan fingerprint density at radius 3 is 2.52 bits per heavy atom. The number of anilines is 1. The topological polar surface area (TPSA) is 112 Å². The van der Waals surface area contributed by atoms with E-state index in [-0.39, 0.29) is 23.9 Å². The normalized spacial score (nSPS) is 15.1. The number of amides is 1. The van der Waals surface area contributed by atoms with Gasteiger partial charge in [-0.3, -0.25) is 28.5 Å². The zero-order valence-corrected chi connectivity index (χ0v) is 17.3. The number of fused-ring (bicyclic) bond motifs is 1. The predicted molar refractivity (Wildman–Crippen MR) is 114 cm³/mol. The third-order valence-corrected chi connectivity index (χ3v) is 6.00. The van der Waals surface area contributed by atoms with Gasteiger partial charge in [0.2, 0.25) is 5.91 Å². The molecule has 0 spiro atoms. The molecule has 1 amide bonds. The number of benzene rings is 1. The van der Waals surface area contributed by atoms with E-state index in [4.69, 9.17) is 4.74 Å². The number of hydrogen-bond acceptors (Lipinski definition) is 7. The Bertz CT molecular complexity index is 1250. The summed E-state index contributed by atoms with van der Waals surface area (Å²) in [6.07, 6.45) is 3.13. The van der Waals surface area contributed by atoms with Gasteiger partial charge in [0.05, 0.1) is 6.54 Å². The van der Waals surface area contributed by atoms with E-state index in [1.54, 1.807) is 36.7 Å². The van der Waals surface area contributed by atoms with Crippen molar-refractivity contribution in [2.45, 2.75) is 23.3 Å². The predicted octanol–water partition coefficient (Wildman–Crippen LogP) is 1.15. The highest BCUT2D eigenvalue weighted by Gasteiger charge is 2.37. The quantitative estimate of drug-likeness (QED) is 0.470. The Kier molecular flexibility index (Phi) is 5.72. The van der Waals surface area contributed by atoms with Gasteiger partial charge in [-0.05, 0) is 23.3 Å². The van der Waals surface area contributed by atoms with Crippen molar-refractivity contribution >= 4 is 29.5 Å². The van der Waals surface area contributed by atoms with Crippen LogP contribution in [0.5, 0.6) is 0 Å². The van der Waals surface area contributed by atoms with Crippen molar-refractivity contribution in [2.24, 2.45) is 7.05 Å². The Labute approximate surface area is 180 Å². The first-order valence-corrected chi connectivity index (χ1v) is 10.2. The molecular formula is C21H18N4O5S. The zero-order valence-electron chi connectivity index (χ0n) is 16.5. The number of carbonyl (C=O) groups is 2. The summed E-state index contributed by atoms with van der Waals surface area (Å²) in [5.41, 5.74) is 0.364. The molecule has 0 fully saturated rings. The number of hydrogen-bond donors (Lipinski definition) is 1. The number of thioether (sulfide) groups is 1. The summed E-state index contributed by atoms with van der Waals surface area (Å²) in [6.45, 7) is 0.0509. The number of esters is 1. The lowest BCUT2D eigenvalue weighted by atomic mass is 10.2. The minimum Gasteiger partial charge on any atom is -0.460 e. The molecule has 9 nitrogen and oxygen atoms in total. The van der Waals surface area contributed by atoms with Gasteiger partial charge >= 0.3 is 11.7 Å². The van der Waals surface area contributed by atoms with Gasteiger partial charge in [0.25, 0.3) is 5.56 Å². The molecule has 3 heterocycles. The zero-order chi connectivity index (χ0) is 22.0. The van der Waals surface area contributed by atoms with Crippen LogP contribution >= 0.6 is 11.8 Å². The lowest BCUT2D eigenvalue weighted by Crippen LogP contribution is -2.46. The Morgan fingerprint density at radius 2 is 1.81 bits per heavy atom. The molecule has 0 bridgehead atoms. The first kappa shape index (κ1) is 20.6. The van der Waals surface area contributed by atoms with Gasteiger partial charge in [-0.15, -0.1) is 0 Å². The summed E-state index contributed by atoms with van der Waals surface area (Å²) in [7, 11) is 1.46. The van der Waals surface area contributed by atoms with E-state index in [0.29, 0.717) is 0 Å². The van der Waals surface area contributed by atoms with Crippen LogP contribution in [0.15, 0.2) is 69.3 Å². The molecule has 1 aliphatic heterocycles. The highest BCUT2D eigenvalue weighted by Crippen LogP contribution is 2.32. The van der Waals surface area contributed by atoms with Crippen LogP contribution in [-0.4, -0.2) is 31.2 Å². The van der Waals surface area contributed by atoms with Crippen LogP contribution < -0.4 is 16.6 Å². The molecule has 2 aromatic heterocycles. The molecule has 1 aliphatic rings. The van der Waals surface area contributed by atoms with Crippen molar-refractivity contribution < 1.29 is 14.3 Å². The fraction of sp³-hybridized carbons (Fsp3) is 0.190. The van der Waals surface area contributed by atoms with E-state index >= 15 is 0 Å². The summed E-state index contributed by atoms with van der Waals surface area (Å²) in [5.74, 6) is -1.34. The van der Waals surface area contributed by atoms with Crippen molar-refractivity contribution in [1.29, 1.82) is 0 Å². The number of ether oxygens (including phenoxy) is 1. The van der Waals surface area contributed by atoms with E-state index < -0.39 is 28.4 Å². The van der Waals surface area contributed by atoms with Gasteiger partial charge in [0, 0.05) is 19.4 Å². The smallest absolute Gasteiger partial charge is 0.332 e. The molecule has 0 aliphatic carbocycles. The lowest BCUT2D eigenvalue weighted by Gasteiger charge is -2.24. The Balaban J connectivity index is 1.62. The number of nitrogens with one attached hydrogen (secondary N) is 1. The van der Waals surface area contributed by atoms with Crippen LogP contribution in [0.2, 0.25) is 0 Å². The number of carbonyl (C=O) groups excluding carboxylic acids is 2. The van der Waals surface area contributed by atoms with Crippen LogP contribution in [0.3, 0.4) is 0 Å². The second-order valence-corrected chi connectivity index (χ2v) is 7.96. The average Bonchev–Trinajstić information content (AvgIpc) is 2.80. The second kappa shape index (κ2) is 8.60. The third kappa shape index (κ3) is 4.15. The van der Waals surface area contributed by atoms with E-state index in [2.05, 4.69) is 10.3 Å². The molecule has 31 heavy (non-hydrogen) atoms. The molecule has 1 N–H and O–H groups in total. The van der Waals surface area contributed by atoms with Gasteiger partial charge < -0.3 is 10.1 Å². The first-order chi connectivity index (χ1) is 15.0. The van der Waals surface area contributed by atoms with Crippen LogP contribution in [0, 0.1) is 0 Å². The molecule has 3 aromatic rings. The van der Waals surface area contributed by atoms with Crippen molar-refractivity contribution in [1.82, 2.24) is 14.1 Å². The van der Waals surface area contributed by atoms with Crippen molar-refractivity contribution in [2.75, 3.05) is 5.32 Å². The average molecular weight is 438 g/mol. The van der Waals surface area contributed by atoms with Gasteiger partial charge in [0.1, 0.15) is 17.3 Å². The Morgan fingerprint density at radius 1 is 1.10 bits per heavy atom. The molecule has 158 valence electrons. The fourth-order valence-electron chi connectivity index (χ4n) is 3.11. The lowest BCUT2D eigenvalue weighted by molar-refractivity contribution is -0.146. The minimum absolute atomic E-state index is 0.0237. The maximum Gasteiger partial charge on any atom is 0.332 e. The second-order valence-electron chi connectivity index (χ2n) is 6.85. The van der Waals surface area contributed by atoms with Gasteiger partial charge in [-0.1, -0.05) is 42.1 Å². The Hall–Kier alpha value is -3.66. The molecule has 1 unspecified atom stereocenters. The largest absolute Gasteiger partial charge is 0.460 e. The molecule has 0 saturated heterocycles. The molecule has 10 heteroatoms. The van der Waals surface area contributed by atoms with Crippen LogP contribution in [0.25, 0.3) is 0 Å². The molecule has 1 atom stereocenters. The highest BCUT2D eigenvalue weighted by atomic mass is 32.2. The van der Waals surface area contributed by atoms with Crippen LogP contribution in [0.1, 0.15) is 11.1 Å². The van der Waals surface area contributed by atoms with E-state index in [9.17, 15) is 19.2 Å². The maximum absolute atomic E-state index is 13.1. The summed E-state index contributed by atoms with van der Waals surface area (Å²) < 4.78 is 7.53. The first-order valence-electron chi connectivity index (χ1n) is 9.36. The van der Waals surface area contributed by atoms with Gasteiger partial charge in [-0.25, -0.2) is 4.79 Å². The standard InChI is InChI=1S/C21H18N4O5S/c1-24-17-15(19(27)25(21(24)29)11-13-5-3-2-4-6-13)31-16(18(26)23-17)20(28)30-12-14-7-9-22-10-8-14/h2-10,16H,11-12H2,1H3,(H,23,26). The molecular weight excluding hydrogens is 420 g/mol. The summed E-state index contributed by atoms with van der Waals surface area (Å²) in [6, 6.07) is 12.5. The van der Waals surface area contributed by atoms with Crippen molar-refractivity contribution in [3.8, 4) is 0 Å². The van der Waals surface area contributed by atoms with E-state index in [1.165, 1.54) is 11.6 Å². The summed E-state index contributed by atoms with van der Waals surface area (Å²) in [4.78, 5) is 54.8. The third-order valence-electron chi connectivity index (χ3n) is 4.75. The molecule has 1 aromatic carbocycles. The monoisotopic (exact) mass is 438 g/mol. The number of aromatic nitrogens is 3. The molecule has 0 radical (unpaired) electrons. The molecule has 4 rings (SSSR count). The highest BCUT2D eigenvalue weighted by molar-refractivity contribution is 8.01. The SMILES string of the molecule is Cn1c2c(c(=O)n(Cc3ccccc3)c1=O)SC(C(=O)OCc1ccncc1)C(=O)N2. The number of rotatable bonds is 5. The minimum atomic E-state index is -1.26. The van der Waals surface area contributed by atoms with E-state index in [0.717, 1.165) is 27.5 Å². The fourth-order valence-corrected chi connectivity index (χ4v) is 4.19. The van der Waals surface area contributed by atoms with Gasteiger partial charge in [-0.2, -0.15) is 0 Å². The van der Waals surface area contributed by atoms with Crippen LogP contribution in [-0.2, 0) is 34.5 Å². The van der Waals surface area contributed by atoms with Gasteiger partial charge in [0.15, 0.2) is 5.25 Å². The maximum atomic E-state index is 13.1. The van der Waals surface area contributed by atoms with E-state index in [1.807, 2.05) is 18.2 Å². The summed E-state index contributed by atoms with van der Waals surface area (Å²) >= 11 is 0.791. The van der Waals surface area contributed by atoms with Crippen molar-refractivity contribution in [3.05, 3.63) is 86.8 Å². The number of nitrogens with zero attached hydrogens (tertiary/aromatic N) is 3. The summed E-state index contributed by atoms with van der Waals surface area (Å²) in [5, 5.41) is 1.25. The molecule has 0 saturated carbocycles.